The molecule has 1 aliphatic rings. The van der Waals surface area contributed by atoms with Gasteiger partial charge in [-0.15, -0.1) is 11.3 Å². The van der Waals surface area contributed by atoms with Crippen molar-refractivity contribution in [3.63, 3.8) is 0 Å². The molecule has 1 unspecified atom stereocenters. The van der Waals surface area contributed by atoms with Gasteiger partial charge in [-0.2, -0.15) is 5.26 Å². The number of hydrogen-bond donors (Lipinski definition) is 2. The van der Waals surface area contributed by atoms with Gasteiger partial charge in [0.25, 0.3) is 0 Å². The monoisotopic (exact) mass is 281 g/mol. The van der Waals surface area contributed by atoms with Crippen molar-refractivity contribution in [1.82, 2.24) is 0 Å². The van der Waals surface area contributed by atoms with Crippen LogP contribution in [-0.2, 0) is 0 Å². The fourth-order valence-electron chi connectivity index (χ4n) is 2.37. The van der Waals surface area contributed by atoms with Gasteiger partial charge in [-0.1, -0.05) is 0 Å². The Morgan fingerprint density at radius 3 is 2.84 bits per heavy atom. The maximum absolute atomic E-state index is 10.1. The van der Waals surface area contributed by atoms with E-state index in [1.165, 1.54) is 11.3 Å². The summed E-state index contributed by atoms with van der Waals surface area (Å²) in [5.74, 6) is 0.586. The second kappa shape index (κ2) is 5.27. The van der Waals surface area contributed by atoms with Crippen LogP contribution in [0.4, 0.5) is 10.7 Å². The molecule has 2 heterocycles. The Labute approximate surface area is 117 Å². The fourth-order valence-corrected chi connectivity index (χ4v) is 3.41. The van der Waals surface area contributed by atoms with E-state index >= 15 is 0 Å². The van der Waals surface area contributed by atoms with E-state index in [0.29, 0.717) is 22.7 Å². The SMILES string of the molecule is COc1c(N2CCCC(C)(O)CC2)sc(C#N)c1N. The molecular weight excluding hydrogens is 262 g/mol. The Morgan fingerprint density at radius 2 is 2.21 bits per heavy atom. The Kier molecular flexibility index (Phi) is 3.88. The van der Waals surface area contributed by atoms with Gasteiger partial charge in [-0.25, -0.2) is 0 Å². The first-order chi connectivity index (χ1) is 8.98. The highest BCUT2D eigenvalue weighted by atomic mass is 32.1. The minimum absolute atomic E-state index is 0.418. The summed E-state index contributed by atoms with van der Waals surface area (Å²) in [4.78, 5) is 2.64. The molecule has 0 radical (unpaired) electrons. The minimum atomic E-state index is -0.608. The molecule has 1 aromatic rings. The zero-order valence-corrected chi connectivity index (χ0v) is 12.1. The molecule has 19 heavy (non-hydrogen) atoms. The first kappa shape index (κ1) is 14.0. The van der Waals surface area contributed by atoms with Crippen molar-refractivity contribution in [2.45, 2.75) is 31.8 Å². The lowest BCUT2D eigenvalue weighted by Gasteiger charge is -2.23. The third-order valence-electron chi connectivity index (χ3n) is 3.54. The number of anilines is 2. The number of thiophene rings is 1. The number of rotatable bonds is 2. The Bertz CT molecular complexity index is 505. The number of ether oxygens (including phenoxy) is 1. The molecule has 6 heteroatoms. The van der Waals surface area contributed by atoms with Crippen LogP contribution < -0.4 is 15.4 Å². The maximum Gasteiger partial charge on any atom is 0.177 e. The number of hydrogen-bond acceptors (Lipinski definition) is 6. The summed E-state index contributed by atoms with van der Waals surface area (Å²) < 4.78 is 5.33. The highest BCUT2D eigenvalue weighted by Crippen LogP contribution is 2.45. The number of aliphatic hydroxyl groups is 1. The fraction of sp³-hybridized carbons (Fsp3) is 0.615. The molecular formula is C13H19N3O2S. The lowest BCUT2D eigenvalue weighted by atomic mass is 9.98. The van der Waals surface area contributed by atoms with E-state index in [1.54, 1.807) is 7.11 Å². The minimum Gasteiger partial charge on any atom is -0.492 e. The zero-order chi connectivity index (χ0) is 14.0. The van der Waals surface area contributed by atoms with Gasteiger partial charge in [0.2, 0.25) is 0 Å². The van der Waals surface area contributed by atoms with Crippen molar-refractivity contribution < 1.29 is 9.84 Å². The lowest BCUT2D eigenvalue weighted by molar-refractivity contribution is 0.0481. The number of nitriles is 1. The number of nitrogens with two attached hydrogens (primary N) is 1. The average Bonchev–Trinajstić information content (AvgIpc) is 2.57. The predicted octanol–water partition coefficient (Wildman–Crippen LogP) is 1.95. The van der Waals surface area contributed by atoms with E-state index in [9.17, 15) is 5.11 Å². The van der Waals surface area contributed by atoms with Crippen LogP contribution in [0.3, 0.4) is 0 Å². The highest BCUT2D eigenvalue weighted by molar-refractivity contribution is 7.17. The van der Waals surface area contributed by atoms with Gasteiger partial charge in [0.15, 0.2) is 5.75 Å². The van der Waals surface area contributed by atoms with Crippen LogP contribution in [-0.4, -0.2) is 30.9 Å². The molecule has 1 atom stereocenters. The summed E-state index contributed by atoms with van der Waals surface area (Å²) in [6.45, 7) is 3.46. The molecule has 1 aliphatic heterocycles. The molecule has 5 nitrogen and oxygen atoms in total. The zero-order valence-electron chi connectivity index (χ0n) is 11.3. The van der Waals surface area contributed by atoms with Gasteiger partial charge >= 0.3 is 0 Å². The molecule has 0 bridgehead atoms. The first-order valence-electron chi connectivity index (χ1n) is 6.32. The summed E-state index contributed by atoms with van der Waals surface area (Å²) >= 11 is 1.36. The maximum atomic E-state index is 10.1. The summed E-state index contributed by atoms with van der Waals surface area (Å²) in [5.41, 5.74) is 5.72. The molecule has 104 valence electrons. The molecule has 3 N–H and O–H groups in total. The molecule has 0 amide bonds. The number of nitrogens with zero attached hydrogens (tertiary/aromatic N) is 2. The topological polar surface area (TPSA) is 82.5 Å². The highest BCUT2D eigenvalue weighted by Gasteiger charge is 2.28. The van der Waals surface area contributed by atoms with E-state index < -0.39 is 5.60 Å². The van der Waals surface area contributed by atoms with Crippen LogP contribution in [0.2, 0.25) is 0 Å². The van der Waals surface area contributed by atoms with Crippen LogP contribution in [0.25, 0.3) is 0 Å². The van der Waals surface area contributed by atoms with Crippen LogP contribution >= 0.6 is 11.3 Å². The van der Waals surface area contributed by atoms with E-state index in [-0.39, 0.29) is 0 Å². The van der Waals surface area contributed by atoms with E-state index in [2.05, 4.69) is 11.0 Å². The smallest absolute Gasteiger partial charge is 0.177 e. The second-order valence-corrected chi connectivity index (χ2v) is 6.13. The Morgan fingerprint density at radius 1 is 1.47 bits per heavy atom. The van der Waals surface area contributed by atoms with Crippen LogP contribution in [0.1, 0.15) is 31.1 Å². The molecule has 0 aliphatic carbocycles. The van der Waals surface area contributed by atoms with Gasteiger partial charge in [0, 0.05) is 13.1 Å². The van der Waals surface area contributed by atoms with Crippen LogP contribution in [0, 0.1) is 11.3 Å². The largest absolute Gasteiger partial charge is 0.492 e. The van der Waals surface area contributed by atoms with Crippen molar-refractivity contribution in [3.8, 4) is 11.8 Å². The van der Waals surface area contributed by atoms with Crippen LogP contribution in [0.5, 0.6) is 5.75 Å². The standard InChI is InChI=1S/C13H19N3O2S/c1-13(17)4-3-6-16(7-5-13)12-11(18-2)10(15)9(8-14)19-12/h17H,3-7,15H2,1-2H3. The molecule has 1 saturated heterocycles. The van der Waals surface area contributed by atoms with E-state index in [4.69, 9.17) is 15.7 Å². The molecule has 0 spiro atoms. The molecule has 1 aromatic heterocycles. The first-order valence-corrected chi connectivity index (χ1v) is 7.14. The normalized spacial score (nSPS) is 23.8. The Hall–Kier alpha value is -1.45. The van der Waals surface area contributed by atoms with Gasteiger partial charge in [0.1, 0.15) is 21.6 Å². The summed E-state index contributed by atoms with van der Waals surface area (Å²) in [6, 6.07) is 2.10. The average molecular weight is 281 g/mol. The van der Waals surface area contributed by atoms with Crippen molar-refractivity contribution >= 4 is 22.0 Å². The number of methoxy groups -OCH3 is 1. The van der Waals surface area contributed by atoms with Crippen molar-refractivity contribution in [2.24, 2.45) is 0 Å². The van der Waals surface area contributed by atoms with Crippen molar-refractivity contribution in [1.29, 1.82) is 5.26 Å². The molecule has 1 fully saturated rings. The molecule has 0 aromatic carbocycles. The summed E-state index contributed by atoms with van der Waals surface area (Å²) in [7, 11) is 1.57. The molecule has 0 saturated carbocycles. The summed E-state index contributed by atoms with van der Waals surface area (Å²) in [6.07, 6.45) is 2.41. The Balaban J connectivity index is 2.29. The van der Waals surface area contributed by atoms with Crippen LogP contribution in [0.15, 0.2) is 0 Å². The van der Waals surface area contributed by atoms with Crippen molar-refractivity contribution in [2.75, 3.05) is 30.8 Å². The molecule has 2 rings (SSSR count). The van der Waals surface area contributed by atoms with Gasteiger partial charge in [-0.3, -0.25) is 0 Å². The second-order valence-electron chi connectivity index (χ2n) is 5.13. The van der Waals surface area contributed by atoms with E-state index in [0.717, 1.165) is 30.9 Å². The number of nitrogen functional groups attached to an aromatic ring is 1. The summed E-state index contributed by atoms with van der Waals surface area (Å²) in [5, 5.41) is 20.1. The quantitative estimate of drug-likeness (QED) is 0.865. The van der Waals surface area contributed by atoms with Gasteiger partial charge in [0.05, 0.1) is 12.7 Å². The predicted molar refractivity (Wildman–Crippen MR) is 76.7 cm³/mol. The van der Waals surface area contributed by atoms with Gasteiger partial charge < -0.3 is 20.5 Å². The third-order valence-corrected chi connectivity index (χ3v) is 4.69. The third kappa shape index (κ3) is 2.77. The van der Waals surface area contributed by atoms with Crippen molar-refractivity contribution in [3.05, 3.63) is 4.88 Å². The lowest BCUT2D eigenvalue weighted by Crippen LogP contribution is -2.28. The van der Waals surface area contributed by atoms with E-state index in [1.807, 2.05) is 6.92 Å². The van der Waals surface area contributed by atoms with Gasteiger partial charge in [-0.05, 0) is 26.2 Å².